The summed E-state index contributed by atoms with van der Waals surface area (Å²) in [7, 11) is 0. The molecular formula is C15H22BrN3OS. The highest BCUT2D eigenvalue weighted by molar-refractivity contribution is 9.11. The highest BCUT2D eigenvalue weighted by Crippen LogP contribution is 2.23. The van der Waals surface area contributed by atoms with Crippen LogP contribution in [0.4, 0.5) is 0 Å². The van der Waals surface area contributed by atoms with Crippen LogP contribution in [0.25, 0.3) is 0 Å². The van der Waals surface area contributed by atoms with Crippen molar-refractivity contribution in [2.75, 3.05) is 45.8 Å². The summed E-state index contributed by atoms with van der Waals surface area (Å²) < 4.78 is 1.19. The van der Waals surface area contributed by atoms with Crippen LogP contribution in [0, 0.1) is 0 Å². The van der Waals surface area contributed by atoms with Gasteiger partial charge in [-0.05, 0) is 54.0 Å². The van der Waals surface area contributed by atoms with Crippen molar-refractivity contribution in [1.82, 2.24) is 14.7 Å². The fourth-order valence-electron chi connectivity index (χ4n) is 3.04. The Kier molecular flexibility index (Phi) is 5.32. The van der Waals surface area contributed by atoms with E-state index in [9.17, 15) is 4.79 Å². The van der Waals surface area contributed by atoms with Gasteiger partial charge < -0.3 is 4.90 Å². The van der Waals surface area contributed by atoms with Gasteiger partial charge in [-0.2, -0.15) is 0 Å². The lowest BCUT2D eigenvalue weighted by Gasteiger charge is -2.35. The minimum atomic E-state index is 0.315. The second-order valence-electron chi connectivity index (χ2n) is 5.85. The zero-order valence-corrected chi connectivity index (χ0v) is 14.7. The first-order chi connectivity index (χ1) is 10.2. The van der Waals surface area contributed by atoms with Crippen LogP contribution in [-0.4, -0.2) is 66.4 Å². The van der Waals surface area contributed by atoms with E-state index in [0.717, 1.165) is 45.8 Å². The first kappa shape index (κ1) is 15.5. The molecule has 116 valence electrons. The number of amides is 1. The van der Waals surface area contributed by atoms with Gasteiger partial charge in [0.25, 0.3) is 0 Å². The molecule has 3 heterocycles. The van der Waals surface area contributed by atoms with Gasteiger partial charge in [-0.3, -0.25) is 14.6 Å². The number of thiophene rings is 1. The van der Waals surface area contributed by atoms with Gasteiger partial charge in [-0.15, -0.1) is 11.3 Å². The number of carbonyl (C=O) groups is 1. The number of nitrogens with zero attached hydrogens (tertiary/aromatic N) is 3. The highest BCUT2D eigenvalue weighted by Gasteiger charge is 2.23. The second kappa shape index (κ2) is 7.22. The maximum Gasteiger partial charge on any atom is 0.236 e. The Labute approximate surface area is 138 Å². The van der Waals surface area contributed by atoms with Crippen molar-refractivity contribution < 1.29 is 4.79 Å². The number of piperazine rings is 1. The summed E-state index contributed by atoms with van der Waals surface area (Å²) in [5.74, 6) is 0.315. The van der Waals surface area contributed by atoms with Gasteiger partial charge in [0.05, 0.1) is 10.3 Å². The van der Waals surface area contributed by atoms with E-state index >= 15 is 0 Å². The third kappa shape index (κ3) is 4.28. The molecule has 2 saturated heterocycles. The Bertz CT molecular complexity index is 479. The summed E-state index contributed by atoms with van der Waals surface area (Å²) in [6, 6.07) is 4.29. The molecule has 0 N–H and O–H groups in total. The second-order valence-corrected chi connectivity index (χ2v) is 8.39. The Balaban J connectivity index is 1.42. The van der Waals surface area contributed by atoms with E-state index in [1.165, 1.54) is 21.5 Å². The SMILES string of the molecule is O=C(CN1CCCC1)N1CCN(Cc2ccc(Br)s2)CC1. The highest BCUT2D eigenvalue weighted by atomic mass is 79.9. The summed E-state index contributed by atoms with van der Waals surface area (Å²) in [5.41, 5.74) is 0. The fourth-order valence-corrected chi connectivity index (χ4v) is 4.57. The van der Waals surface area contributed by atoms with Crippen molar-refractivity contribution >= 4 is 33.2 Å². The number of rotatable bonds is 4. The minimum Gasteiger partial charge on any atom is -0.339 e. The molecule has 0 aromatic carbocycles. The zero-order valence-electron chi connectivity index (χ0n) is 12.3. The van der Waals surface area contributed by atoms with E-state index in [-0.39, 0.29) is 0 Å². The van der Waals surface area contributed by atoms with Crippen LogP contribution in [0.1, 0.15) is 17.7 Å². The molecule has 0 atom stereocenters. The Morgan fingerprint density at radius 2 is 1.76 bits per heavy atom. The molecule has 1 aromatic rings. The van der Waals surface area contributed by atoms with E-state index in [4.69, 9.17) is 0 Å². The van der Waals surface area contributed by atoms with Crippen molar-refractivity contribution in [1.29, 1.82) is 0 Å². The standard InChI is InChI=1S/C15H22BrN3OS/c16-14-4-3-13(21-14)11-18-7-9-19(10-8-18)15(20)12-17-5-1-2-6-17/h3-4H,1-2,5-12H2. The molecule has 4 nitrogen and oxygen atoms in total. The Morgan fingerprint density at radius 1 is 1.05 bits per heavy atom. The molecule has 1 amide bonds. The van der Waals surface area contributed by atoms with E-state index < -0.39 is 0 Å². The first-order valence-electron chi connectivity index (χ1n) is 7.67. The van der Waals surface area contributed by atoms with Crippen molar-refractivity contribution in [3.8, 4) is 0 Å². The van der Waals surface area contributed by atoms with E-state index in [1.54, 1.807) is 11.3 Å². The van der Waals surface area contributed by atoms with Gasteiger partial charge in [0.2, 0.25) is 5.91 Å². The van der Waals surface area contributed by atoms with Crippen molar-refractivity contribution in [2.24, 2.45) is 0 Å². The molecule has 0 aliphatic carbocycles. The van der Waals surface area contributed by atoms with Crippen LogP contribution in [0.15, 0.2) is 15.9 Å². The first-order valence-corrected chi connectivity index (χ1v) is 9.28. The average Bonchev–Trinajstić information content (AvgIpc) is 3.12. The summed E-state index contributed by atoms with van der Waals surface area (Å²) in [4.78, 5) is 20.4. The smallest absolute Gasteiger partial charge is 0.236 e. The maximum atomic E-state index is 12.3. The molecule has 3 rings (SSSR count). The normalized spacial score (nSPS) is 21.1. The van der Waals surface area contributed by atoms with Crippen LogP contribution >= 0.6 is 27.3 Å². The summed E-state index contributed by atoms with van der Waals surface area (Å²) in [6.07, 6.45) is 2.49. The number of likely N-dealkylation sites (tertiary alicyclic amines) is 1. The molecule has 6 heteroatoms. The van der Waals surface area contributed by atoms with E-state index in [0.29, 0.717) is 12.5 Å². The topological polar surface area (TPSA) is 26.8 Å². The number of hydrogen-bond acceptors (Lipinski definition) is 4. The van der Waals surface area contributed by atoms with Gasteiger partial charge in [-0.1, -0.05) is 0 Å². The summed E-state index contributed by atoms with van der Waals surface area (Å²) >= 11 is 5.31. The summed E-state index contributed by atoms with van der Waals surface area (Å²) in [6.45, 7) is 7.54. The molecule has 2 aliphatic heterocycles. The molecule has 0 radical (unpaired) electrons. The number of carbonyl (C=O) groups excluding carboxylic acids is 1. The van der Waals surface area contributed by atoms with Gasteiger partial charge >= 0.3 is 0 Å². The fraction of sp³-hybridized carbons (Fsp3) is 0.667. The number of hydrogen-bond donors (Lipinski definition) is 0. The predicted octanol–water partition coefficient (Wildman–Crippen LogP) is 2.25. The van der Waals surface area contributed by atoms with Crippen molar-refractivity contribution in [3.05, 3.63) is 20.8 Å². The summed E-state index contributed by atoms with van der Waals surface area (Å²) in [5, 5.41) is 0. The van der Waals surface area contributed by atoms with E-state index in [1.807, 2.05) is 4.90 Å². The Hall–Kier alpha value is -0.430. The van der Waals surface area contributed by atoms with Crippen LogP contribution in [0.5, 0.6) is 0 Å². The van der Waals surface area contributed by atoms with Gasteiger partial charge in [0, 0.05) is 37.6 Å². The molecule has 0 saturated carbocycles. The third-order valence-electron chi connectivity index (χ3n) is 4.29. The van der Waals surface area contributed by atoms with Crippen LogP contribution < -0.4 is 0 Å². The molecular weight excluding hydrogens is 350 g/mol. The number of halogens is 1. The molecule has 2 aliphatic rings. The van der Waals surface area contributed by atoms with Gasteiger partial charge in [0.15, 0.2) is 0 Å². The molecule has 0 bridgehead atoms. The van der Waals surface area contributed by atoms with E-state index in [2.05, 4.69) is 37.9 Å². The zero-order chi connectivity index (χ0) is 14.7. The monoisotopic (exact) mass is 371 g/mol. The molecule has 0 unspecified atom stereocenters. The van der Waals surface area contributed by atoms with Gasteiger partial charge in [-0.25, -0.2) is 0 Å². The molecule has 21 heavy (non-hydrogen) atoms. The maximum absolute atomic E-state index is 12.3. The van der Waals surface area contributed by atoms with Crippen LogP contribution in [0.3, 0.4) is 0 Å². The van der Waals surface area contributed by atoms with Crippen molar-refractivity contribution in [3.63, 3.8) is 0 Å². The quantitative estimate of drug-likeness (QED) is 0.811. The molecule has 0 spiro atoms. The third-order valence-corrected chi connectivity index (χ3v) is 5.90. The molecule has 2 fully saturated rings. The predicted molar refractivity (Wildman–Crippen MR) is 89.6 cm³/mol. The lowest BCUT2D eigenvalue weighted by atomic mass is 10.3. The van der Waals surface area contributed by atoms with Crippen molar-refractivity contribution in [2.45, 2.75) is 19.4 Å². The largest absolute Gasteiger partial charge is 0.339 e. The molecule has 1 aromatic heterocycles. The minimum absolute atomic E-state index is 0.315. The lowest BCUT2D eigenvalue weighted by Crippen LogP contribution is -2.50. The van der Waals surface area contributed by atoms with Gasteiger partial charge in [0.1, 0.15) is 0 Å². The van der Waals surface area contributed by atoms with Crippen LogP contribution in [-0.2, 0) is 11.3 Å². The lowest BCUT2D eigenvalue weighted by molar-refractivity contribution is -0.134. The Morgan fingerprint density at radius 3 is 2.38 bits per heavy atom. The average molecular weight is 372 g/mol. The van der Waals surface area contributed by atoms with Crippen LogP contribution in [0.2, 0.25) is 0 Å².